The van der Waals surface area contributed by atoms with Crippen LogP contribution in [0.2, 0.25) is 0 Å². The summed E-state index contributed by atoms with van der Waals surface area (Å²) in [7, 11) is 1.63. The van der Waals surface area contributed by atoms with Gasteiger partial charge in [0.25, 0.3) is 0 Å². The van der Waals surface area contributed by atoms with Gasteiger partial charge >= 0.3 is 17.9 Å². The van der Waals surface area contributed by atoms with Gasteiger partial charge in [-0.3, -0.25) is 9.59 Å². The normalized spacial score (nSPS) is 35.9. The number of ether oxygens (including phenoxy) is 4. The molecule has 0 aromatic heterocycles. The van der Waals surface area contributed by atoms with Gasteiger partial charge in [-0.1, -0.05) is 45.4 Å². The molecular formula is C44H64O9. The fourth-order valence-electron chi connectivity index (χ4n) is 11.4. The summed E-state index contributed by atoms with van der Waals surface area (Å²) in [6.45, 7) is 19.2. The molecule has 0 radical (unpaired) electrons. The van der Waals surface area contributed by atoms with E-state index in [-0.39, 0.29) is 34.7 Å². The highest BCUT2D eigenvalue weighted by Gasteiger charge is 2.71. The largest absolute Gasteiger partial charge is 0.497 e. The third kappa shape index (κ3) is 7.46. The molecule has 10 atom stereocenters. The predicted octanol–water partition coefficient (Wildman–Crippen LogP) is 8.21. The molecule has 9 heteroatoms. The maximum atomic E-state index is 14.4. The molecule has 0 heterocycles. The molecule has 1 aromatic rings. The molecule has 0 bridgehead atoms. The standard InChI is InChI=1S/C44H64O9/c1-25(2)30(28-12-14-29(50-11)15-13-28)16-17-31(39(48)51-24-52-40(49)41(5,6)7)37-33-22-35(47)38-42(8)20-19-34(46)26(3)32(42)18-21-43(38,9)44(33,10)23-36(37)53-27(4)45/h12-15,26,32-36,38,46-47H,16-24H2,1-11H3/t26-,32?,33+,34+,35+,36-,38+,42-,43-,44-/m0/s1. The number of fused-ring (bicyclic) bond motifs is 5. The zero-order valence-electron chi connectivity index (χ0n) is 34.0. The van der Waals surface area contributed by atoms with Crippen LogP contribution in [0.3, 0.4) is 0 Å². The van der Waals surface area contributed by atoms with Crippen molar-refractivity contribution in [1.82, 2.24) is 0 Å². The molecule has 294 valence electrons. The van der Waals surface area contributed by atoms with E-state index in [1.807, 2.05) is 38.1 Å². The van der Waals surface area contributed by atoms with Crippen LogP contribution in [-0.2, 0) is 28.6 Å². The Morgan fingerprint density at radius 1 is 0.887 bits per heavy atom. The lowest BCUT2D eigenvalue weighted by atomic mass is 9.36. The van der Waals surface area contributed by atoms with Crippen molar-refractivity contribution in [2.75, 3.05) is 13.9 Å². The van der Waals surface area contributed by atoms with E-state index in [2.05, 4.69) is 27.7 Å². The summed E-state index contributed by atoms with van der Waals surface area (Å²) in [6.07, 6.45) is 3.43. The SMILES string of the molecule is COc1ccc(C(CCC(C(=O)OCOC(=O)C(C)(C)C)=C2[C@@H](OC(C)=O)C[C@@]3(C)[C@@H]2C[C@@H](O)[C@@H]2[C@@]4(C)CC[C@@H](O)[C@@H](C)C4CC[C@@]23C)=C(C)C)cc1. The first-order chi connectivity index (χ1) is 24.7. The average molecular weight is 737 g/mol. The minimum absolute atomic E-state index is 0.0261. The number of carbonyl (C=O) groups is 3. The molecule has 4 fully saturated rings. The first-order valence-electron chi connectivity index (χ1n) is 19.6. The Morgan fingerprint density at radius 2 is 1.55 bits per heavy atom. The molecule has 9 nitrogen and oxygen atoms in total. The Morgan fingerprint density at radius 3 is 2.13 bits per heavy atom. The zero-order valence-corrected chi connectivity index (χ0v) is 34.0. The number of hydrogen-bond acceptors (Lipinski definition) is 9. The number of allylic oxidation sites excluding steroid dienone is 2. The van der Waals surface area contributed by atoms with Crippen LogP contribution in [0.15, 0.2) is 41.0 Å². The van der Waals surface area contributed by atoms with Crippen LogP contribution in [0.25, 0.3) is 5.57 Å². The highest BCUT2D eigenvalue weighted by atomic mass is 16.7. The van der Waals surface area contributed by atoms with Crippen molar-refractivity contribution in [2.45, 2.75) is 139 Å². The summed E-state index contributed by atoms with van der Waals surface area (Å²) in [5, 5.41) is 23.2. The Kier molecular flexibility index (Phi) is 11.7. The van der Waals surface area contributed by atoms with Gasteiger partial charge in [0.1, 0.15) is 11.9 Å². The number of aliphatic hydroxyl groups is 2. The second kappa shape index (κ2) is 15.2. The van der Waals surface area contributed by atoms with Gasteiger partial charge in [0.15, 0.2) is 0 Å². The van der Waals surface area contributed by atoms with E-state index in [1.54, 1.807) is 27.9 Å². The number of aliphatic hydroxyl groups excluding tert-OH is 2. The number of esters is 3. The summed E-state index contributed by atoms with van der Waals surface area (Å²) in [5.74, 6) is -0.630. The first-order valence-corrected chi connectivity index (χ1v) is 19.6. The third-order valence-electron chi connectivity index (χ3n) is 14.3. The molecular weight excluding hydrogens is 672 g/mol. The van der Waals surface area contributed by atoms with Crippen molar-refractivity contribution >= 4 is 23.5 Å². The van der Waals surface area contributed by atoms with Crippen LogP contribution < -0.4 is 4.74 Å². The van der Waals surface area contributed by atoms with Crippen LogP contribution >= 0.6 is 0 Å². The fraction of sp³-hybridized carbons (Fsp3) is 0.705. The minimum atomic E-state index is -0.772. The van der Waals surface area contributed by atoms with Crippen LogP contribution in [0, 0.1) is 45.3 Å². The van der Waals surface area contributed by atoms with Gasteiger partial charge in [-0.25, -0.2) is 4.79 Å². The molecule has 0 saturated heterocycles. The smallest absolute Gasteiger partial charge is 0.336 e. The quantitative estimate of drug-likeness (QED) is 0.146. The van der Waals surface area contributed by atoms with Crippen molar-refractivity contribution < 1.29 is 43.5 Å². The molecule has 0 spiro atoms. The van der Waals surface area contributed by atoms with E-state index in [1.165, 1.54) is 6.92 Å². The van der Waals surface area contributed by atoms with Crippen LogP contribution in [0.1, 0.15) is 126 Å². The second-order valence-electron chi connectivity index (χ2n) is 18.5. The van der Waals surface area contributed by atoms with Crippen molar-refractivity contribution in [1.29, 1.82) is 0 Å². The van der Waals surface area contributed by atoms with E-state index >= 15 is 0 Å². The van der Waals surface area contributed by atoms with Gasteiger partial charge in [0.05, 0.1) is 24.7 Å². The van der Waals surface area contributed by atoms with E-state index < -0.39 is 47.7 Å². The summed E-state index contributed by atoms with van der Waals surface area (Å²) >= 11 is 0. The number of hydrogen-bond donors (Lipinski definition) is 2. The Labute approximate surface area is 316 Å². The summed E-state index contributed by atoms with van der Waals surface area (Å²) in [4.78, 5) is 39.8. The summed E-state index contributed by atoms with van der Waals surface area (Å²) in [6, 6.07) is 7.84. The van der Waals surface area contributed by atoms with Gasteiger partial charge in [0.2, 0.25) is 6.79 Å². The van der Waals surface area contributed by atoms with E-state index in [9.17, 15) is 24.6 Å². The Bertz CT molecular complexity index is 1610. The number of carbonyl (C=O) groups excluding carboxylic acids is 3. The maximum Gasteiger partial charge on any atom is 0.336 e. The van der Waals surface area contributed by atoms with Gasteiger partial charge in [-0.15, -0.1) is 0 Å². The van der Waals surface area contributed by atoms with Gasteiger partial charge < -0.3 is 29.2 Å². The van der Waals surface area contributed by atoms with Crippen LogP contribution in [0.5, 0.6) is 5.75 Å². The number of methoxy groups -OCH3 is 1. The van der Waals surface area contributed by atoms with Crippen molar-refractivity contribution in [3.05, 3.63) is 46.5 Å². The van der Waals surface area contributed by atoms with Crippen molar-refractivity contribution in [3.63, 3.8) is 0 Å². The molecule has 2 N–H and O–H groups in total. The van der Waals surface area contributed by atoms with Crippen molar-refractivity contribution in [3.8, 4) is 5.75 Å². The van der Waals surface area contributed by atoms with Crippen LogP contribution in [-0.4, -0.2) is 60.3 Å². The first kappa shape index (κ1) is 41.0. The Hall–Kier alpha value is -3.17. The number of benzene rings is 1. The molecule has 4 aliphatic rings. The van der Waals surface area contributed by atoms with Crippen molar-refractivity contribution in [2.24, 2.45) is 45.3 Å². The molecule has 53 heavy (non-hydrogen) atoms. The minimum Gasteiger partial charge on any atom is -0.497 e. The molecule has 0 amide bonds. The average Bonchev–Trinajstić information content (AvgIpc) is 3.35. The molecule has 0 aliphatic heterocycles. The van der Waals surface area contributed by atoms with E-state index in [0.29, 0.717) is 43.6 Å². The molecule has 4 saturated carbocycles. The molecule has 1 aromatic carbocycles. The highest BCUT2D eigenvalue weighted by molar-refractivity contribution is 5.90. The topological polar surface area (TPSA) is 129 Å². The predicted molar refractivity (Wildman–Crippen MR) is 203 cm³/mol. The zero-order chi connectivity index (χ0) is 39.3. The second-order valence-corrected chi connectivity index (χ2v) is 18.5. The van der Waals surface area contributed by atoms with Gasteiger partial charge in [-0.05, 0) is 155 Å². The lowest BCUT2D eigenvalue weighted by molar-refractivity contribution is -0.234. The monoisotopic (exact) mass is 736 g/mol. The van der Waals surface area contributed by atoms with E-state index in [4.69, 9.17) is 18.9 Å². The summed E-state index contributed by atoms with van der Waals surface area (Å²) in [5.41, 5.74) is 2.61. The molecule has 1 unspecified atom stereocenters. The third-order valence-corrected chi connectivity index (χ3v) is 14.3. The van der Waals surface area contributed by atoms with Crippen LogP contribution in [0.4, 0.5) is 0 Å². The fourth-order valence-corrected chi connectivity index (χ4v) is 11.4. The van der Waals surface area contributed by atoms with Gasteiger partial charge in [-0.2, -0.15) is 0 Å². The maximum absolute atomic E-state index is 14.4. The number of rotatable bonds is 9. The molecule has 4 aliphatic carbocycles. The molecule has 5 rings (SSSR count). The highest BCUT2D eigenvalue weighted by Crippen LogP contribution is 2.74. The lowest BCUT2D eigenvalue weighted by Gasteiger charge is -2.69. The summed E-state index contributed by atoms with van der Waals surface area (Å²) < 4.78 is 22.7. The lowest BCUT2D eigenvalue weighted by Crippen LogP contribution is -2.65. The van der Waals surface area contributed by atoms with Gasteiger partial charge in [0, 0.05) is 12.5 Å². The van der Waals surface area contributed by atoms with E-state index in [0.717, 1.165) is 47.3 Å². The Balaban J connectivity index is 1.60.